The van der Waals surface area contributed by atoms with Crippen molar-refractivity contribution in [3.8, 4) is 6.07 Å². The highest BCUT2D eigenvalue weighted by molar-refractivity contribution is 7.96. The Kier molecular flexibility index (Phi) is 4.91. The van der Waals surface area contributed by atoms with Gasteiger partial charge in [0.15, 0.2) is 5.76 Å². The lowest BCUT2D eigenvalue weighted by Crippen LogP contribution is -2.39. The largest absolute Gasteiger partial charge is 0.439 e. The molecule has 0 radical (unpaired) electrons. The van der Waals surface area contributed by atoms with E-state index in [0.717, 1.165) is 5.56 Å². The SMILES string of the molecule is N#CC1=C(N)OC2=C([C@@H]1c1ccc(F)cc1)S(=O)(=O)N(Cc1ccccc1)c1ccccc12. The van der Waals surface area contributed by atoms with Crippen LogP contribution >= 0.6 is 0 Å². The predicted molar refractivity (Wildman–Crippen MR) is 122 cm³/mol. The zero-order valence-corrected chi connectivity index (χ0v) is 18.1. The number of anilines is 1. The van der Waals surface area contributed by atoms with E-state index in [9.17, 15) is 18.1 Å². The van der Waals surface area contributed by atoms with Gasteiger partial charge in [-0.05, 0) is 35.4 Å². The summed E-state index contributed by atoms with van der Waals surface area (Å²) in [7, 11) is -4.16. The zero-order chi connectivity index (χ0) is 23.2. The van der Waals surface area contributed by atoms with Gasteiger partial charge in [0.1, 0.15) is 22.4 Å². The van der Waals surface area contributed by atoms with Crippen LogP contribution in [0.1, 0.15) is 22.6 Å². The summed E-state index contributed by atoms with van der Waals surface area (Å²) < 4.78 is 48.9. The van der Waals surface area contributed by atoms with E-state index >= 15 is 0 Å². The van der Waals surface area contributed by atoms with Gasteiger partial charge in [-0.2, -0.15) is 5.26 Å². The fourth-order valence-electron chi connectivity index (χ4n) is 4.22. The van der Waals surface area contributed by atoms with Crippen LogP contribution in [-0.4, -0.2) is 8.42 Å². The zero-order valence-electron chi connectivity index (χ0n) is 17.3. The molecule has 0 aliphatic carbocycles. The van der Waals surface area contributed by atoms with Crippen LogP contribution in [-0.2, 0) is 21.3 Å². The number of ether oxygens (including phenoxy) is 1. The Balaban J connectivity index is 1.77. The maximum absolute atomic E-state index is 14.1. The van der Waals surface area contributed by atoms with Crippen LogP contribution in [0.3, 0.4) is 0 Å². The molecular weight excluding hydrogens is 441 g/mol. The number of nitrogens with two attached hydrogens (primary N) is 1. The summed E-state index contributed by atoms with van der Waals surface area (Å²) in [4.78, 5) is -0.0884. The molecular formula is C25H18FN3O3S. The van der Waals surface area contributed by atoms with E-state index in [4.69, 9.17) is 10.5 Å². The topological polar surface area (TPSA) is 96.4 Å². The van der Waals surface area contributed by atoms with E-state index in [1.807, 2.05) is 36.4 Å². The van der Waals surface area contributed by atoms with Crippen molar-refractivity contribution in [3.05, 3.63) is 118 Å². The Labute approximate surface area is 190 Å². The summed E-state index contributed by atoms with van der Waals surface area (Å²) in [6.45, 7) is 0.0915. The minimum Gasteiger partial charge on any atom is -0.439 e. The standard InChI is InChI=1S/C25H18FN3O3S/c26-18-12-10-17(11-13-18)22-20(14-27)25(28)32-23-19-8-4-5-9-21(19)29(33(30,31)24(22)23)15-16-6-2-1-3-7-16/h1-13,22H,15,28H2/t22-/m1/s1. The fraction of sp³-hybridized carbons (Fsp3) is 0.0800. The highest BCUT2D eigenvalue weighted by atomic mass is 32.2. The molecule has 0 saturated carbocycles. The summed E-state index contributed by atoms with van der Waals surface area (Å²) >= 11 is 0. The van der Waals surface area contributed by atoms with E-state index in [2.05, 4.69) is 0 Å². The molecule has 0 bridgehead atoms. The Bertz CT molecular complexity index is 1460. The molecule has 2 N–H and O–H groups in total. The Morgan fingerprint density at radius 1 is 1.00 bits per heavy atom. The molecule has 0 saturated heterocycles. The van der Waals surface area contributed by atoms with Crippen LogP contribution < -0.4 is 10.0 Å². The number of sulfonamides is 1. The minimum absolute atomic E-state index is 0.0389. The maximum atomic E-state index is 14.1. The number of nitriles is 1. The first kappa shape index (κ1) is 20.8. The highest BCUT2D eigenvalue weighted by Gasteiger charge is 2.47. The molecule has 0 aromatic heterocycles. The van der Waals surface area contributed by atoms with Gasteiger partial charge >= 0.3 is 0 Å². The van der Waals surface area contributed by atoms with Gasteiger partial charge in [-0.1, -0.05) is 54.6 Å². The maximum Gasteiger partial charge on any atom is 0.265 e. The lowest BCUT2D eigenvalue weighted by molar-refractivity contribution is 0.357. The normalized spacial score (nSPS) is 18.8. The van der Waals surface area contributed by atoms with Gasteiger partial charge in [-0.25, -0.2) is 12.8 Å². The van der Waals surface area contributed by atoms with Gasteiger partial charge in [-0.3, -0.25) is 4.31 Å². The second kappa shape index (κ2) is 7.80. The number of rotatable bonds is 3. The number of benzene rings is 3. The van der Waals surface area contributed by atoms with Crippen LogP contribution in [0.5, 0.6) is 0 Å². The quantitative estimate of drug-likeness (QED) is 0.628. The first-order chi connectivity index (χ1) is 15.9. The molecule has 164 valence electrons. The first-order valence-electron chi connectivity index (χ1n) is 10.1. The summed E-state index contributed by atoms with van der Waals surface area (Å²) in [5, 5.41) is 9.83. The third-order valence-corrected chi connectivity index (χ3v) is 7.61. The molecule has 6 nitrogen and oxygen atoms in total. The summed E-state index contributed by atoms with van der Waals surface area (Å²) in [6, 6.07) is 23.6. The van der Waals surface area contributed by atoms with Gasteiger partial charge in [0.05, 0.1) is 18.2 Å². The van der Waals surface area contributed by atoms with Crippen LogP contribution in [0.25, 0.3) is 5.76 Å². The van der Waals surface area contributed by atoms with E-state index < -0.39 is 21.8 Å². The second-order valence-electron chi connectivity index (χ2n) is 7.68. The molecule has 3 aromatic rings. The van der Waals surface area contributed by atoms with Crippen molar-refractivity contribution in [2.45, 2.75) is 12.5 Å². The Hall–Kier alpha value is -4.09. The van der Waals surface area contributed by atoms with Gasteiger partial charge in [0.25, 0.3) is 10.0 Å². The predicted octanol–water partition coefficient (Wildman–Crippen LogP) is 4.35. The molecule has 2 aliphatic heterocycles. The van der Waals surface area contributed by atoms with Crippen molar-refractivity contribution in [1.82, 2.24) is 0 Å². The van der Waals surface area contributed by atoms with Gasteiger partial charge in [0.2, 0.25) is 5.88 Å². The Morgan fingerprint density at radius 2 is 1.67 bits per heavy atom. The fourth-order valence-corrected chi connectivity index (χ4v) is 6.13. The molecule has 0 fully saturated rings. The molecule has 8 heteroatoms. The minimum atomic E-state index is -4.16. The molecule has 5 rings (SSSR count). The third kappa shape index (κ3) is 3.34. The van der Waals surface area contributed by atoms with Crippen molar-refractivity contribution in [2.75, 3.05) is 4.31 Å². The number of hydrogen-bond acceptors (Lipinski definition) is 5. The van der Waals surface area contributed by atoms with Crippen LogP contribution in [0.15, 0.2) is 95.2 Å². The molecule has 33 heavy (non-hydrogen) atoms. The average molecular weight is 460 g/mol. The Morgan fingerprint density at radius 3 is 2.36 bits per heavy atom. The molecule has 2 heterocycles. The van der Waals surface area contributed by atoms with Crippen molar-refractivity contribution in [3.63, 3.8) is 0 Å². The van der Waals surface area contributed by atoms with Crippen molar-refractivity contribution >= 4 is 21.5 Å². The molecule has 0 spiro atoms. The second-order valence-corrected chi connectivity index (χ2v) is 9.51. The van der Waals surface area contributed by atoms with Gasteiger partial charge in [0, 0.05) is 5.56 Å². The number of para-hydroxylation sites is 1. The smallest absolute Gasteiger partial charge is 0.265 e. The van der Waals surface area contributed by atoms with Crippen LogP contribution in [0, 0.1) is 17.1 Å². The van der Waals surface area contributed by atoms with Crippen molar-refractivity contribution in [2.24, 2.45) is 5.73 Å². The number of halogens is 1. The van der Waals surface area contributed by atoms with Crippen molar-refractivity contribution in [1.29, 1.82) is 5.26 Å². The summed E-state index contributed by atoms with van der Waals surface area (Å²) in [5.41, 5.74) is 8.26. The van der Waals surface area contributed by atoms with E-state index in [1.54, 1.807) is 24.3 Å². The molecule has 0 amide bonds. The summed E-state index contributed by atoms with van der Waals surface area (Å²) in [6.07, 6.45) is 0. The summed E-state index contributed by atoms with van der Waals surface area (Å²) in [5.74, 6) is -1.60. The molecule has 3 aromatic carbocycles. The van der Waals surface area contributed by atoms with Crippen LogP contribution in [0.2, 0.25) is 0 Å². The van der Waals surface area contributed by atoms with E-state index in [0.29, 0.717) is 16.8 Å². The van der Waals surface area contributed by atoms with Crippen molar-refractivity contribution < 1.29 is 17.5 Å². The molecule has 0 unspecified atom stereocenters. The van der Waals surface area contributed by atoms with Gasteiger partial charge in [-0.15, -0.1) is 0 Å². The number of hydrogen-bond donors (Lipinski definition) is 1. The van der Waals surface area contributed by atoms with E-state index in [1.165, 1.54) is 28.6 Å². The molecule has 2 aliphatic rings. The highest BCUT2D eigenvalue weighted by Crippen LogP contribution is 2.51. The number of allylic oxidation sites excluding steroid dienone is 2. The van der Waals surface area contributed by atoms with E-state index in [-0.39, 0.29) is 28.7 Å². The lowest BCUT2D eigenvalue weighted by atomic mass is 9.88. The first-order valence-corrected chi connectivity index (χ1v) is 11.6. The average Bonchev–Trinajstić information content (AvgIpc) is 2.82. The van der Waals surface area contributed by atoms with Gasteiger partial charge < -0.3 is 10.5 Å². The number of fused-ring (bicyclic) bond motifs is 2. The third-order valence-electron chi connectivity index (χ3n) is 5.73. The monoisotopic (exact) mass is 459 g/mol. The lowest BCUT2D eigenvalue weighted by Gasteiger charge is -2.38. The number of nitrogens with zero attached hydrogens (tertiary/aromatic N) is 2. The van der Waals surface area contributed by atoms with Crippen LogP contribution in [0.4, 0.5) is 10.1 Å². The molecule has 1 atom stereocenters.